The predicted molar refractivity (Wildman–Crippen MR) is 540 cm³/mol. The van der Waals surface area contributed by atoms with Crippen molar-refractivity contribution in [1.82, 2.24) is 103 Å². The number of carboxylic acids is 4. The third-order valence-electron chi connectivity index (χ3n) is 26.4. The number of H-pyrrole nitrogens is 2. The van der Waals surface area contributed by atoms with Gasteiger partial charge < -0.3 is 140 Å². The molecule has 3 aromatic heterocycles. The summed E-state index contributed by atoms with van der Waals surface area (Å²) in [6.45, 7) is 2.70. The summed E-state index contributed by atoms with van der Waals surface area (Å²) in [6, 6.07) is -6.10. The number of phenolic OH excluding ortho intramolecular Hbond substituents is 1. The van der Waals surface area contributed by atoms with Crippen molar-refractivity contribution < 1.29 is 127 Å². The number of imidazole rings is 1. The molecule has 6 heterocycles. The molecule has 3 fully saturated rings. The number of hydrogen-bond donors (Lipinski definition) is 21. The molecule has 3 aliphatic heterocycles. The minimum Gasteiger partial charge on any atom is -0.508 e. The second-order valence-electron chi connectivity index (χ2n) is 37.3. The highest BCUT2D eigenvalue weighted by Gasteiger charge is 2.47. The molecule has 0 spiro atoms. The van der Waals surface area contributed by atoms with E-state index < -0.39 is 285 Å². The van der Waals surface area contributed by atoms with Gasteiger partial charge in [-0.1, -0.05) is 88.1 Å². The van der Waals surface area contributed by atoms with E-state index >= 15 is 43.2 Å². The smallest absolute Gasteiger partial charge is 0.327 e. The number of rotatable bonds is 35. The number of carboxylic acid groups (broad SMARTS) is 4. The fourth-order valence-corrected chi connectivity index (χ4v) is 19.0. The van der Waals surface area contributed by atoms with E-state index in [1.54, 1.807) is 68.6 Å². The van der Waals surface area contributed by atoms with Crippen LogP contribution in [0.2, 0.25) is 0 Å². The number of carbonyl (C=O) groups is 20. The normalized spacial score (nSPS) is 23.6. The Hall–Kier alpha value is -15.1. The number of unbranched alkanes of at least 4 members (excludes halogenated alkanes) is 4. The van der Waals surface area contributed by atoms with Crippen LogP contribution in [0.1, 0.15) is 165 Å². The fourth-order valence-electron chi connectivity index (χ4n) is 18.1. The number of aromatic amines is 2. The molecular formula is C100H136N22O26S. The number of aliphatic carboxylic acids is 4. The van der Waals surface area contributed by atoms with Gasteiger partial charge in [0.15, 0.2) is 0 Å². The maximum absolute atomic E-state index is 16.2. The van der Waals surface area contributed by atoms with Crippen LogP contribution in [0.3, 0.4) is 0 Å². The van der Waals surface area contributed by atoms with E-state index in [0.29, 0.717) is 69.5 Å². The first-order valence-electron chi connectivity index (χ1n) is 49.6. The average Bonchev–Trinajstić information content (AvgIpc) is 1.67. The number of aliphatic hydroxyl groups excluding tert-OH is 1. The van der Waals surface area contributed by atoms with Gasteiger partial charge in [-0.15, -0.1) is 24.1 Å². The summed E-state index contributed by atoms with van der Waals surface area (Å²) in [5, 5.41) is 91.8. The van der Waals surface area contributed by atoms with Crippen molar-refractivity contribution in [2.75, 3.05) is 65.4 Å². The Morgan fingerprint density at radius 3 is 1.75 bits per heavy atom. The maximum atomic E-state index is 16.2. The Bertz CT molecular complexity index is 5790. The molecule has 3 aliphatic rings. The number of para-hydroxylation sites is 2. The van der Waals surface area contributed by atoms with Gasteiger partial charge in [0, 0.05) is 125 Å². The molecule has 49 heteroatoms. The van der Waals surface area contributed by atoms with Crippen LogP contribution in [0.5, 0.6) is 5.75 Å². The number of thioether (sulfide) groups is 1. The number of aliphatic hydroxyl groups is 1. The van der Waals surface area contributed by atoms with Crippen LogP contribution in [0.25, 0.3) is 21.8 Å². The second-order valence-corrected chi connectivity index (χ2v) is 38.4. The standard InChI is InChI=1S/C100H136N22O26S/c1-8-11-28-77-92(139)110-67(36-37-83(127)128)89(136)116-75(87(134)105-49-81(125)107-69(22-10-3)100(147)148)53-149-54-82(126)108-72(41-57-32-34-61(123)35-33-57)95(142)117(5)56(4)86(133)114-74(46-84(129)130)98(145)121-40-21-31-78(121)93(140)113-71(44-60-48-103-55-106-60)91(138)111-68(27-18-20-39-102)97(144)122-51-62(124)45-80(122)94(141)112-70(42-58-47-104-65-25-15-13-23-63(58)65)90(137)109-66(26-17-19-38-101)88(135)115-73(96(143)119(7)79(29-12-9-2)99(146)118(77)6)43-59-50-120(52-85(131)132)76-30-16-14-24-64(59)76/h3,13-16,23-25,30,32-35,47-48,50,55-56,62,66-75,77-80,104,123-124H,8-9,11-12,17-22,26-29,31,36-46,49,51-54,101-102H2,1-2,4-7H3,(H,103,106)(H,105,134)(H,107,125)(H,108,126)(H,109,137)(H,110,139)(H,111,138)(H,112,141)(H,113,140)(H,114,133)(H,115,135)(H,116,136)(H,127,128)(H,129,130)(H,131,132)(H,147,148)/t56-,62+,66-,67-,68-,69-,70-,71-,72-,73-,74-,75-,77-,78-,79-,80-/m0/s1. The van der Waals surface area contributed by atoms with Crippen molar-refractivity contribution in [3.8, 4) is 18.1 Å². The van der Waals surface area contributed by atoms with E-state index in [2.05, 4.69) is 79.4 Å². The fraction of sp³-hybridized carbons (Fsp3) is 0.530. The first kappa shape index (κ1) is 117. The number of terminal acetylenes is 1. The van der Waals surface area contributed by atoms with Gasteiger partial charge in [0.1, 0.15) is 103 Å². The van der Waals surface area contributed by atoms with E-state index in [-0.39, 0.29) is 121 Å². The molecule has 48 nitrogen and oxygen atoms in total. The van der Waals surface area contributed by atoms with Crippen LogP contribution in [0.15, 0.2) is 97.7 Å². The second kappa shape index (κ2) is 57.3. The lowest BCUT2D eigenvalue weighted by molar-refractivity contribution is -0.149. The van der Waals surface area contributed by atoms with Gasteiger partial charge in [-0.2, -0.15) is 0 Å². The highest BCUT2D eigenvalue weighted by molar-refractivity contribution is 8.00. The summed E-state index contributed by atoms with van der Waals surface area (Å²) in [6.07, 6.45) is 6.14. The third kappa shape index (κ3) is 33.7. The van der Waals surface area contributed by atoms with Gasteiger partial charge >= 0.3 is 23.9 Å². The first-order chi connectivity index (χ1) is 71.1. The molecule has 23 N–H and O–H groups in total. The first-order valence-corrected chi connectivity index (χ1v) is 50.8. The molecule has 3 saturated heterocycles. The lowest BCUT2D eigenvalue weighted by Crippen LogP contribution is -2.61. The summed E-state index contributed by atoms with van der Waals surface area (Å²) >= 11 is 0.623. The number of nitrogens with zero attached hydrogens (tertiary/aromatic N) is 7. The molecule has 149 heavy (non-hydrogen) atoms. The van der Waals surface area contributed by atoms with E-state index in [1.807, 2.05) is 0 Å². The Morgan fingerprint density at radius 1 is 0.550 bits per heavy atom. The van der Waals surface area contributed by atoms with Crippen molar-refractivity contribution in [2.45, 2.75) is 272 Å². The molecule has 808 valence electrons. The van der Waals surface area contributed by atoms with Gasteiger partial charge in [-0.3, -0.25) is 91.1 Å². The van der Waals surface area contributed by atoms with Crippen LogP contribution in [0, 0.1) is 12.3 Å². The van der Waals surface area contributed by atoms with Crippen LogP contribution >= 0.6 is 11.8 Å². The number of amides is 16. The molecule has 3 aromatic carbocycles. The number of aromatic hydroxyl groups is 1. The molecule has 16 amide bonds. The Labute approximate surface area is 863 Å². The average molecular weight is 2090 g/mol. The van der Waals surface area contributed by atoms with Crippen molar-refractivity contribution in [2.24, 2.45) is 11.5 Å². The quantitative estimate of drug-likeness (QED) is 0.0153. The predicted octanol–water partition coefficient (Wildman–Crippen LogP) is -1.84. The number of carbonyl (C=O) groups excluding carboxylic acids is 16. The monoisotopic (exact) mass is 2090 g/mol. The number of likely N-dealkylation sites (N-methyl/N-ethyl adjacent to an activating group) is 3. The van der Waals surface area contributed by atoms with Crippen molar-refractivity contribution in [1.29, 1.82) is 0 Å². The van der Waals surface area contributed by atoms with Crippen LogP contribution < -0.4 is 70.0 Å². The van der Waals surface area contributed by atoms with Crippen LogP contribution in [-0.2, 0) is 128 Å². The lowest BCUT2D eigenvalue weighted by atomic mass is 9.99. The summed E-state index contributed by atoms with van der Waals surface area (Å²) in [7, 11) is 3.67. The van der Waals surface area contributed by atoms with Gasteiger partial charge in [0.05, 0.1) is 36.8 Å². The highest BCUT2D eigenvalue weighted by atomic mass is 32.2. The SMILES string of the molecule is C#CC[C@H](NC(=O)CNC(=O)[C@@H]1CSCC(=O)N[C@@H](Cc2ccc(O)cc2)C(=O)N(C)[C@@H](C)C(=O)N[C@@H](CC(=O)O)C(=O)N2CCC[C@H]2C(=O)N[C@@H](Cc2c[nH]cn2)C(=O)N[C@@H](CCCCN)C(=O)N2C[C@H](O)C[C@H]2C(=O)N[C@@H](Cc2c[nH]c3ccccc23)C(=O)N[C@@H](CCCCN)C(=O)N[C@@H](Cc2cn(CC(=O)O)c3ccccc23)C(=O)N(C)[C@@H](CCCC)C(=O)N(C)[C@@H](CCCC)C(=O)N[C@@H](CCC(=O)O)C(=O)N1)C(=O)O. The van der Waals surface area contributed by atoms with E-state index in [9.17, 15) is 83.4 Å². The van der Waals surface area contributed by atoms with Crippen LogP contribution in [0.4, 0.5) is 0 Å². The summed E-state index contributed by atoms with van der Waals surface area (Å²) in [5.74, 6) is -21.8. The van der Waals surface area contributed by atoms with E-state index in [0.717, 1.165) is 31.5 Å². The zero-order valence-corrected chi connectivity index (χ0v) is 84.8. The molecule has 0 radical (unpaired) electrons. The van der Waals surface area contributed by atoms with Crippen molar-refractivity contribution in [3.05, 3.63) is 120 Å². The van der Waals surface area contributed by atoms with Crippen molar-refractivity contribution >= 4 is 152 Å². The molecule has 0 aliphatic carbocycles. The van der Waals surface area contributed by atoms with Gasteiger partial charge in [0.2, 0.25) is 94.5 Å². The zero-order valence-electron chi connectivity index (χ0n) is 84.0. The Kier molecular flexibility index (Phi) is 45.2. The van der Waals surface area contributed by atoms with Crippen molar-refractivity contribution in [3.63, 3.8) is 0 Å². The number of nitrogens with one attached hydrogen (secondary N) is 13. The molecule has 16 atom stereocenters. The Morgan fingerprint density at radius 2 is 1.11 bits per heavy atom. The number of aromatic nitrogens is 4. The number of nitrogens with two attached hydrogens (primary N) is 2. The maximum Gasteiger partial charge on any atom is 0.327 e. The van der Waals surface area contributed by atoms with Gasteiger partial charge in [-0.25, -0.2) is 9.78 Å². The summed E-state index contributed by atoms with van der Waals surface area (Å²) < 4.78 is 1.41. The topological polar surface area (TPSA) is 713 Å². The van der Waals surface area contributed by atoms with Gasteiger partial charge in [-0.05, 0) is 132 Å². The molecule has 6 aromatic rings. The zero-order chi connectivity index (χ0) is 109. The largest absolute Gasteiger partial charge is 0.508 e. The number of hydrogen-bond acceptors (Lipinski definition) is 26. The van der Waals surface area contributed by atoms with Gasteiger partial charge in [0.25, 0.3) is 0 Å². The minimum atomic E-state index is -1.96. The summed E-state index contributed by atoms with van der Waals surface area (Å²) in [5.41, 5.74) is 14.4. The number of phenols is 1. The lowest BCUT2D eigenvalue weighted by Gasteiger charge is -2.36. The summed E-state index contributed by atoms with van der Waals surface area (Å²) in [4.78, 5) is 307. The molecule has 9 rings (SSSR count). The third-order valence-corrected chi connectivity index (χ3v) is 27.4. The van der Waals surface area contributed by atoms with E-state index in [1.165, 1.54) is 68.6 Å². The number of benzene rings is 3. The van der Waals surface area contributed by atoms with Crippen LogP contribution in [-0.4, -0.2) is 355 Å². The molecular weight excluding hydrogens is 1960 g/mol. The van der Waals surface area contributed by atoms with E-state index in [4.69, 9.17) is 17.9 Å². The number of fused-ring (bicyclic) bond motifs is 4. The minimum absolute atomic E-state index is 0.0891. The molecule has 0 bridgehead atoms. The Balaban J connectivity index is 1.15. The molecule has 0 saturated carbocycles. The highest BCUT2D eigenvalue weighted by Crippen LogP contribution is 2.30. The molecule has 0 unspecified atom stereocenters.